The third-order valence-electron chi connectivity index (χ3n) is 1.58. The molecule has 0 saturated heterocycles. The summed E-state index contributed by atoms with van der Waals surface area (Å²) in [5.41, 5.74) is 0. The molecule has 100 valence electrons. The molecule has 0 heterocycles. The molecule has 0 saturated carbocycles. The Hall–Kier alpha value is -0.300. The molecule has 0 amide bonds. The molecule has 4 nitrogen and oxygen atoms in total. The summed E-state index contributed by atoms with van der Waals surface area (Å²) in [6.45, 7) is 1.45. The Balaban J connectivity index is 0. The summed E-state index contributed by atoms with van der Waals surface area (Å²) in [4.78, 5) is 0. The molecule has 0 aliphatic carbocycles. The predicted octanol–water partition coefficient (Wildman–Crippen LogP) is 0.175. The second-order valence-electron chi connectivity index (χ2n) is 3.79. The minimum Gasteiger partial charge on any atom is -0.393 e. The molecule has 6 heteroatoms. The second kappa shape index (κ2) is 11.2. The number of halogens is 2. The van der Waals surface area contributed by atoms with Crippen molar-refractivity contribution in [2.75, 3.05) is 13.3 Å². The number of aliphatic hydroxyl groups is 4. The quantitative estimate of drug-likeness (QED) is 0.537. The minimum absolute atomic E-state index is 0.229. The molecular formula is C10H22F2O4. The van der Waals surface area contributed by atoms with E-state index in [1.165, 1.54) is 0 Å². The van der Waals surface area contributed by atoms with Crippen LogP contribution in [0.1, 0.15) is 26.7 Å². The van der Waals surface area contributed by atoms with Gasteiger partial charge in [0.05, 0.1) is 24.4 Å². The van der Waals surface area contributed by atoms with Crippen LogP contribution in [0.25, 0.3) is 0 Å². The van der Waals surface area contributed by atoms with Crippen molar-refractivity contribution >= 4 is 0 Å². The Bertz CT molecular complexity index is 131. The van der Waals surface area contributed by atoms with E-state index in [2.05, 4.69) is 0 Å². The van der Waals surface area contributed by atoms with Gasteiger partial charge in [0.1, 0.15) is 13.3 Å². The van der Waals surface area contributed by atoms with E-state index in [-0.39, 0.29) is 18.6 Å². The second-order valence-corrected chi connectivity index (χ2v) is 3.79. The van der Waals surface area contributed by atoms with Gasteiger partial charge in [-0.1, -0.05) is 0 Å². The van der Waals surface area contributed by atoms with Gasteiger partial charge in [-0.3, -0.25) is 0 Å². The van der Waals surface area contributed by atoms with E-state index in [1.54, 1.807) is 13.8 Å². The van der Waals surface area contributed by atoms with Crippen LogP contribution in [-0.2, 0) is 0 Å². The monoisotopic (exact) mass is 244 g/mol. The predicted molar refractivity (Wildman–Crippen MR) is 56.6 cm³/mol. The van der Waals surface area contributed by atoms with Gasteiger partial charge >= 0.3 is 0 Å². The lowest BCUT2D eigenvalue weighted by molar-refractivity contribution is 0.0522. The van der Waals surface area contributed by atoms with E-state index in [1.807, 2.05) is 0 Å². The zero-order chi connectivity index (χ0) is 13.1. The van der Waals surface area contributed by atoms with Crippen molar-refractivity contribution in [1.82, 2.24) is 0 Å². The molecule has 0 bridgehead atoms. The van der Waals surface area contributed by atoms with Gasteiger partial charge < -0.3 is 20.4 Å². The molecule has 0 aromatic heterocycles. The van der Waals surface area contributed by atoms with Crippen molar-refractivity contribution < 1.29 is 29.2 Å². The normalized spacial score (nSPS) is 18.0. The highest BCUT2D eigenvalue weighted by molar-refractivity contribution is 4.60. The first-order valence-electron chi connectivity index (χ1n) is 5.17. The van der Waals surface area contributed by atoms with E-state index >= 15 is 0 Å². The average Bonchev–Trinajstić information content (AvgIpc) is 2.16. The average molecular weight is 244 g/mol. The van der Waals surface area contributed by atoms with Gasteiger partial charge in [0, 0.05) is 6.42 Å². The van der Waals surface area contributed by atoms with Crippen LogP contribution in [-0.4, -0.2) is 58.2 Å². The Labute approximate surface area is 94.5 Å². The minimum atomic E-state index is -1.23. The highest BCUT2D eigenvalue weighted by Crippen LogP contribution is 1.98. The molecule has 0 aromatic carbocycles. The zero-order valence-corrected chi connectivity index (χ0v) is 9.68. The van der Waals surface area contributed by atoms with Crippen LogP contribution in [0.15, 0.2) is 0 Å². The number of hydrogen-bond donors (Lipinski definition) is 4. The van der Waals surface area contributed by atoms with Crippen molar-refractivity contribution in [3.8, 4) is 0 Å². The topological polar surface area (TPSA) is 80.9 Å². The molecule has 4 unspecified atom stereocenters. The van der Waals surface area contributed by atoms with Gasteiger partial charge in [-0.15, -0.1) is 0 Å². The molecular weight excluding hydrogens is 222 g/mol. The van der Waals surface area contributed by atoms with Gasteiger partial charge in [-0.25, -0.2) is 8.78 Å². The van der Waals surface area contributed by atoms with Crippen LogP contribution in [0, 0.1) is 0 Å². The Morgan fingerprint density at radius 1 is 0.750 bits per heavy atom. The van der Waals surface area contributed by atoms with Crippen molar-refractivity contribution in [2.24, 2.45) is 0 Å². The summed E-state index contributed by atoms with van der Waals surface area (Å²) in [5.74, 6) is 0. The van der Waals surface area contributed by atoms with Crippen LogP contribution in [0.5, 0.6) is 0 Å². The third-order valence-corrected chi connectivity index (χ3v) is 1.58. The van der Waals surface area contributed by atoms with Crippen molar-refractivity contribution in [3.05, 3.63) is 0 Å². The summed E-state index contributed by atoms with van der Waals surface area (Å²) >= 11 is 0. The molecule has 0 aliphatic rings. The lowest BCUT2D eigenvalue weighted by atomic mass is 10.2. The fourth-order valence-corrected chi connectivity index (χ4v) is 0.934. The van der Waals surface area contributed by atoms with Gasteiger partial charge in [0.25, 0.3) is 0 Å². The van der Waals surface area contributed by atoms with E-state index in [9.17, 15) is 8.78 Å². The lowest BCUT2D eigenvalue weighted by Gasteiger charge is -2.08. The standard InChI is InChI=1S/C5H10F2O2.C5H12O2/c6-2-4(8)1-5(9)3-7;1-4(6)3-5(2)7/h4-5,8-9H,1-3H2;4-7H,3H2,1-2H3. The van der Waals surface area contributed by atoms with Gasteiger partial charge in [-0.2, -0.15) is 0 Å². The van der Waals surface area contributed by atoms with Crippen LogP contribution in [0.4, 0.5) is 8.78 Å². The van der Waals surface area contributed by atoms with Crippen LogP contribution >= 0.6 is 0 Å². The molecule has 0 radical (unpaired) electrons. The highest BCUT2D eigenvalue weighted by Gasteiger charge is 2.10. The largest absolute Gasteiger partial charge is 0.393 e. The molecule has 4 N–H and O–H groups in total. The maximum Gasteiger partial charge on any atom is 0.115 e. The Kier molecular flexibility index (Phi) is 12.6. The van der Waals surface area contributed by atoms with E-state index in [0.29, 0.717) is 6.42 Å². The van der Waals surface area contributed by atoms with Crippen LogP contribution in [0.3, 0.4) is 0 Å². The summed E-state index contributed by atoms with van der Waals surface area (Å²) in [6, 6.07) is 0. The van der Waals surface area contributed by atoms with Crippen molar-refractivity contribution in [2.45, 2.75) is 51.1 Å². The maximum atomic E-state index is 11.4. The van der Waals surface area contributed by atoms with Gasteiger partial charge in [0.2, 0.25) is 0 Å². The first-order chi connectivity index (χ1) is 7.33. The molecule has 0 aliphatic heterocycles. The van der Waals surface area contributed by atoms with E-state index < -0.39 is 25.6 Å². The molecule has 0 aromatic rings. The number of alkyl halides is 2. The van der Waals surface area contributed by atoms with Crippen molar-refractivity contribution in [1.29, 1.82) is 0 Å². The Morgan fingerprint density at radius 3 is 1.19 bits per heavy atom. The van der Waals surface area contributed by atoms with Crippen molar-refractivity contribution in [3.63, 3.8) is 0 Å². The van der Waals surface area contributed by atoms with Crippen LogP contribution in [0.2, 0.25) is 0 Å². The smallest absolute Gasteiger partial charge is 0.115 e. The molecule has 0 spiro atoms. The SMILES string of the molecule is CC(O)CC(C)O.OC(CF)CC(O)CF. The fraction of sp³-hybridized carbons (Fsp3) is 1.00. The molecule has 0 rings (SSSR count). The fourth-order valence-electron chi connectivity index (χ4n) is 0.934. The molecule has 0 fully saturated rings. The number of aliphatic hydroxyl groups excluding tert-OH is 4. The summed E-state index contributed by atoms with van der Waals surface area (Å²) in [7, 11) is 0. The van der Waals surface area contributed by atoms with E-state index in [0.717, 1.165) is 0 Å². The summed E-state index contributed by atoms with van der Waals surface area (Å²) in [6.07, 6.45) is -2.96. The zero-order valence-electron chi connectivity index (χ0n) is 9.68. The number of hydrogen-bond acceptors (Lipinski definition) is 4. The van der Waals surface area contributed by atoms with E-state index in [4.69, 9.17) is 20.4 Å². The Morgan fingerprint density at radius 2 is 1.06 bits per heavy atom. The number of rotatable bonds is 6. The molecule has 4 atom stereocenters. The summed E-state index contributed by atoms with van der Waals surface area (Å²) < 4.78 is 22.8. The maximum absolute atomic E-state index is 11.4. The highest BCUT2D eigenvalue weighted by atomic mass is 19.1. The molecule has 16 heavy (non-hydrogen) atoms. The third kappa shape index (κ3) is 16.1. The first-order valence-corrected chi connectivity index (χ1v) is 5.17. The van der Waals surface area contributed by atoms with Gasteiger partial charge in [0.15, 0.2) is 0 Å². The summed E-state index contributed by atoms with van der Waals surface area (Å²) in [5, 5.41) is 34.0. The first kappa shape index (κ1) is 18.1. The van der Waals surface area contributed by atoms with Gasteiger partial charge in [-0.05, 0) is 20.3 Å². The lowest BCUT2D eigenvalue weighted by Crippen LogP contribution is -2.20. The van der Waals surface area contributed by atoms with Crippen LogP contribution < -0.4 is 0 Å².